The van der Waals surface area contributed by atoms with E-state index in [0.29, 0.717) is 5.02 Å². The summed E-state index contributed by atoms with van der Waals surface area (Å²) in [7, 11) is -3.58. The van der Waals surface area contributed by atoms with Crippen molar-refractivity contribution in [2.24, 2.45) is 10.9 Å². The van der Waals surface area contributed by atoms with Crippen molar-refractivity contribution in [2.45, 2.75) is 5.75 Å². The number of benzene rings is 1. The maximum atomic E-state index is 11.9. The summed E-state index contributed by atoms with van der Waals surface area (Å²) < 4.78 is 28.7. The van der Waals surface area contributed by atoms with Crippen LogP contribution in [0.3, 0.4) is 0 Å². The molecule has 0 saturated carbocycles. The third kappa shape index (κ3) is 5.42. The standard InChI is InChI=1S/C14H13ClN2O5S/c15-11-5-3-10(4-6-11)14(18)22-17-13(16)9-23(19,20)8-12-2-1-7-21-12/h1-7H,8-9H2,(H2,16,17). The number of nitrogens with two attached hydrogens (primary N) is 1. The average Bonchev–Trinajstić information content (AvgIpc) is 2.97. The van der Waals surface area contributed by atoms with E-state index in [9.17, 15) is 13.2 Å². The van der Waals surface area contributed by atoms with E-state index in [1.54, 1.807) is 6.07 Å². The molecule has 0 aliphatic carbocycles. The summed E-state index contributed by atoms with van der Waals surface area (Å²) in [5.41, 5.74) is 5.69. The van der Waals surface area contributed by atoms with Crippen LogP contribution >= 0.6 is 11.6 Å². The highest BCUT2D eigenvalue weighted by atomic mass is 35.5. The lowest BCUT2D eigenvalue weighted by Gasteiger charge is -2.02. The van der Waals surface area contributed by atoms with Gasteiger partial charge in [0, 0.05) is 5.02 Å². The molecule has 0 bridgehead atoms. The molecular weight excluding hydrogens is 344 g/mol. The molecule has 1 aromatic carbocycles. The number of halogens is 1. The van der Waals surface area contributed by atoms with Gasteiger partial charge in [-0.15, -0.1) is 0 Å². The monoisotopic (exact) mass is 356 g/mol. The Morgan fingerprint density at radius 2 is 1.96 bits per heavy atom. The smallest absolute Gasteiger partial charge is 0.365 e. The molecule has 0 aliphatic heterocycles. The minimum atomic E-state index is -3.58. The Morgan fingerprint density at radius 3 is 2.57 bits per heavy atom. The zero-order valence-corrected chi connectivity index (χ0v) is 13.4. The molecule has 0 saturated heterocycles. The van der Waals surface area contributed by atoms with Crippen LogP contribution < -0.4 is 5.73 Å². The highest BCUT2D eigenvalue weighted by Crippen LogP contribution is 2.11. The fourth-order valence-electron chi connectivity index (χ4n) is 1.65. The number of furan rings is 1. The number of carbonyl (C=O) groups excluding carboxylic acids is 1. The van der Waals surface area contributed by atoms with Crippen molar-refractivity contribution in [1.82, 2.24) is 0 Å². The van der Waals surface area contributed by atoms with Crippen LogP contribution in [0.4, 0.5) is 0 Å². The largest absolute Gasteiger partial charge is 0.468 e. The number of rotatable bonds is 6. The summed E-state index contributed by atoms with van der Waals surface area (Å²) in [5, 5.41) is 3.81. The molecule has 2 N–H and O–H groups in total. The van der Waals surface area contributed by atoms with Crippen molar-refractivity contribution in [3.63, 3.8) is 0 Å². The van der Waals surface area contributed by atoms with Gasteiger partial charge in [-0.3, -0.25) is 0 Å². The topological polar surface area (TPSA) is 112 Å². The Morgan fingerprint density at radius 1 is 1.26 bits per heavy atom. The zero-order valence-electron chi connectivity index (χ0n) is 11.8. The van der Waals surface area contributed by atoms with Gasteiger partial charge in [-0.05, 0) is 36.4 Å². The summed E-state index contributed by atoms with van der Waals surface area (Å²) in [6, 6.07) is 9.04. The third-order valence-corrected chi connectivity index (χ3v) is 4.35. The first-order valence-electron chi connectivity index (χ1n) is 6.38. The van der Waals surface area contributed by atoms with Gasteiger partial charge in [0.15, 0.2) is 15.7 Å². The summed E-state index contributed by atoms with van der Waals surface area (Å²) in [5.74, 6) is -1.69. The average molecular weight is 357 g/mol. The maximum Gasteiger partial charge on any atom is 0.365 e. The number of carbonyl (C=O) groups is 1. The highest BCUT2D eigenvalue weighted by molar-refractivity contribution is 7.91. The lowest BCUT2D eigenvalue weighted by atomic mass is 10.2. The van der Waals surface area contributed by atoms with E-state index < -0.39 is 21.6 Å². The molecule has 0 spiro atoms. The zero-order chi connectivity index (χ0) is 16.9. The normalized spacial score (nSPS) is 12.1. The Hall–Kier alpha value is -2.32. The van der Waals surface area contributed by atoms with E-state index in [1.165, 1.54) is 36.6 Å². The SMILES string of the molecule is NC(CS(=O)(=O)Cc1ccco1)=NOC(=O)c1ccc(Cl)cc1. The first-order valence-corrected chi connectivity index (χ1v) is 8.58. The van der Waals surface area contributed by atoms with Crippen molar-refractivity contribution in [1.29, 1.82) is 0 Å². The molecule has 9 heteroatoms. The minimum Gasteiger partial charge on any atom is -0.468 e. The number of hydrogen-bond donors (Lipinski definition) is 1. The molecule has 2 rings (SSSR count). The molecule has 7 nitrogen and oxygen atoms in total. The van der Waals surface area contributed by atoms with Crippen LogP contribution in [-0.4, -0.2) is 26.0 Å². The molecule has 2 aromatic rings. The quantitative estimate of drug-likeness (QED) is 0.366. The second-order valence-corrected chi connectivity index (χ2v) is 7.08. The molecule has 1 aromatic heterocycles. The van der Waals surface area contributed by atoms with Crippen molar-refractivity contribution in [3.8, 4) is 0 Å². The number of oxime groups is 1. The van der Waals surface area contributed by atoms with Crippen molar-refractivity contribution < 1.29 is 22.5 Å². The molecule has 0 aliphatic rings. The molecule has 0 amide bonds. The maximum absolute atomic E-state index is 11.9. The summed E-state index contributed by atoms with van der Waals surface area (Å²) in [4.78, 5) is 16.3. The fourth-order valence-corrected chi connectivity index (χ4v) is 2.98. The lowest BCUT2D eigenvalue weighted by molar-refractivity contribution is 0.0515. The van der Waals surface area contributed by atoms with Crippen LogP contribution in [0.1, 0.15) is 16.1 Å². The van der Waals surface area contributed by atoms with Crippen LogP contribution in [0.2, 0.25) is 5.02 Å². The van der Waals surface area contributed by atoms with Gasteiger partial charge in [-0.1, -0.05) is 16.8 Å². The number of nitrogens with zero attached hydrogens (tertiary/aromatic N) is 1. The van der Waals surface area contributed by atoms with Gasteiger partial charge in [-0.25, -0.2) is 13.2 Å². The molecule has 122 valence electrons. The van der Waals surface area contributed by atoms with Crippen LogP contribution in [0, 0.1) is 0 Å². The van der Waals surface area contributed by atoms with Crippen molar-refractivity contribution >= 4 is 33.2 Å². The Labute approximate surface area is 137 Å². The van der Waals surface area contributed by atoms with Crippen molar-refractivity contribution in [2.75, 3.05) is 5.75 Å². The highest BCUT2D eigenvalue weighted by Gasteiger charge is 2.17. The first-order chi connectivity index (χ1) is 10.9. The van der Waals surface area contributed by atoms with Gasteiger partial charge < -0.3 is 15.0 Å². The van der Waals surface area contributed by atoms with E-state index in [2.05, 4.69) is 9.99 Å². The van der Waals surface area contributed by atoms with Crippen LogP contribution in [-0.2, 0) is 20.4 Å². The molecule has 0 atom stereocenters. The summed E-state index contributed by atoms with van der Waals surface area (Å²) in [6.45, 7) is 0. The Bertz CT molecular complexity index is 798. The molecule has 0 fully saturated rings. The fraction of sp³-hybridized carbons (Fsp3) is 0.143. The van der Waals surface area contributed by atoms with E-state index in [-0.39, 0.29) is 22.9 Å². The summed E-state index contributed by atoms with van der Waals surface area (Å²) in [6.07, 6.45) is 1.37. The molecule has 0 unspecified atom stereocenters. The van der Waals surface area contributed by atoms with E-state index in [1.807, 2.05) is 0 Å². The minimum absolute atomic E-state index is 0.212. The van der Waals surface area contributed by atoms with Gasteiger partial charge >= 0.3 is 5.97 Å². The second kappa shape index (κ2) is 7.30. The molecule has 23 heavy (non-hydrogen) atoms. The first kappa shape index (κ1) is 17.0. The Kier molecular flexibility index (Phi) is 5.41. The van der Waals surface area contributed by atoms with Gasteiger partial charge in [0.1, 0.15) is 17.3 Å². The van der Waals surface area contributed by atoms with Gasteiger partial charge in [-0.2, -0.15) is 0 Å². The molecular formula is C14H13ClN2O5S. The van der Waals surface area contributed by atoms with Gasteiger partial charge in [0.25, 0.3) is 0 Å². The number of hydrogen-bond acceptors (Lipinski definition) is 6. The Balaban J connectivity index is 1.94. The predicted octanol–water partition coefficient (Wildman–Crippen LogP) is 1.98. The van der Waals surface area contributed by atoms with Crippen LogP contribution in [0.5, 0.6) is 0 Å². The summed E-state index contributed by atoms with van der Waals surface area (Å²) >= 11 is 5.70. The third-order valence-electron chi connectivity index (χ3n) is 2.64. The van der Waals surface area contributed by atoms with Crippen LogP contribution in [0.25, 0.3) is 0 Å². The lowest BCUT2D eigenvalue weighted by Crippen LogP contribution is -2.25. The molecule has 0 radical (unpaired) electrons. The predicted molar refractivity (Wildman–Crippen MR) is 84.7 cm³/mol. The van der Waals surface area contributed by atoms with E-state index >= 15 is 0 Å². The van der Waals surface area contributed by atoms with Gasteiger partial charge in [0.2, 0.25) is 0 Å². The molecule has 1 heterocycles. The van der Waals surface area contributed by atoms with E-state index in [4.69, 9.17) is 21.8 Å². The van der Waals surface area contributed by atoms with E-state index in [0.717, 1.165) is 0 Å². The van der Waals surface area contributed by atoms with Crippen LogP contribution in [0.15, 0.2) is 52.2 Å². The second-order valence-electron chi connectivity index (χ2n) is 4.58. The number of amidine groups is 1. The van der Waals surface area contributed by atoms with Crippen molar-refractivity contribution in [3.05, 3.63) is 59.0 Å². The number of sulfone groups is 1. The van der Waals surface area contributed by atoms with Gasteiger partial charge in [0.05, 0.1) is 11.8 Å².